The Morgan fingerprint density at radius 2 is 0.792 bits per heavy atom. The molecule has 0 radical (unpaired) electrons. The summed E-state index contributed by atoms with van der Waals surface area (Å²) in [5, 5.41) is 9.60. The second kappa shape index (κ2) is 45.7. The van der Waals surface area contributed by atoms with Crippen LogP contribution in [0.4, 0.5) is 0 Å². The van der Waals surface area contributed by atoms with E-state index < -0.39 is 0 Å². The number of aliphatic hydroxyl groups excluding tert-OH is 1. The minimum absolute atomic E-state index is 0.0187. The van der Waals surface area contributed by atoms with Crippen LogP contribution in [0.5, 0.6) is 0 Å². The van der Waals surface area contributed by atoms with Gasteiger partial charge in [-0.3, -0.25) is 4.79 Å². The van der Waals surface area contributed by atoms with Crippen molar-refractivity contribution in [3.05, 3.63) is 0 Å². The molecule has 0 aromatic heterocycles. The molecule has 0 heterocycles. The van der Waals surface area contributed by atoms with Gasteiger partial charge in [0, 0.05) is 26.2 Å². The second-order valence-corrected chi connectivity index (χ2v) is 16.1. The fourth-order valence-corrected chi connectivity index (χ4v) is 7.22. The van der Waals surface area contributed by atoms with E-state index >= 15 is 0 Å². The van der Waals surface area contributed by atoms with Crippen LogP contribution in [-0.4, -0.2) is 68.3 Å². The fourth-order valence-electron chi connectivity index (χ4n) is 7.22. The van der Waals surface area contributed by atoms with Crippen LogP contribution < -0.4 is 0 Å². The lowest BCUT2D eigenvalue weighted by Crippen LogP contribution is -2.29. The summed E-state index contributed by atoms with van der Waals surface area (Å²) in [6.45, 7) is 12.2. The summed E-state index contributed by atoms with van der Waals surface area (Å²) in [5.74, 6) is -0.0187. The van der Waals surface area contributed by atoms with E-state index in [9.17, 15) is 9.90 Å². The van der Waals surface area contributed by atoms with Gasteiger partial charge in [-0.05, 0) is 64.5 Å². The molecular formula is C47H95NO5. The molecule has 318 valence electrons. The standard InChI is InChI=1S/C47H95NO5/c1-4-7-10-13-16-19-28-35-44-52-47(53-45-36-29-20-17-14-11-8-5-2)38-31-24-22-26-33-40-48(41-42-49)39-32-25-21-23-30-37-46(50)51-43-34-27-18-15-12-9-6-3/h47,49H,4-45H2,1-3H3. The van der Waals surface area contributed by atoms with E-state index in [0.717, 1.165) is 71.4 Å². The summed E-state index contributed by atoms with van der Waals surface area (Å²) in [5.41, 5.74) is 0. The maximum Gasteiger partial charge on any atom is 0.305 e. The molecule has 0 aliphatic carbocycles. The first-order chi connectivity index (χ1) is 26.2. The minimum atomic E-state index is -0.0299. The summed E-state index contributed by atoms with van der Waals surface area (Å²) >= 11 is 0. The van der Waals surface area contributed by atoms with Gasteiger partial charge in [0.2, 0.25) is 0 Å². The molecule has 1 N–H and O–H groups in total. The van der Waals surface area contributed by atoms with Crippen molar-refractivity contribution in [1.82, 2.24) is 4.90 Å². The Morgan fingerprint density at radius 3 is 1.23 bits per heavy atom. The zero-order chi connectivity index (χ0) is 38.6. The number of rotatable bonds is 46. The molecule has 0 atom stereocenters. The quantitative estimate of drug-likeness (QED) is 0.0379. The van der Waals surface area contributed by atoms with Crippen LogP contribution in [0.1, 0.15) is 245 Å². The minimum Gasteiger partial charge on any atom is -0.466 e. The molecule has 53 heavy (non-hydrogen) atoms. The molecule has 0 unspecified atom stereocenters. The van der Waals surface area contributed by atoms with Crippen molar-refractivity contribution in [1.29, 1.82) is 0 Å². The Bertz CT molecular complexity index is 670. The first kappa shape index (κ1) is 52.3. The van der Waals surface area contributed by atoms with Crippen molar-refractivity contribution in [2.24, 2.45) is 0 Å². The Balaban J connectivity index is 4.02. The second-order valence-electron chi connectivity index (χ2n) is 16.1. The zero-order valence-corrected chi connectivity index (χ0v) is 36.3. The van der Waals surface area contributed by atoms with Crippen LogP contribution >= 0.6 is 0 Å². The molecule has 6 nitrogen and oxygen atoms in total. The maximum atomic E-state index is 12.0. The lowest BCUT2D eigenvalue weighted by molar-refractivity contribution is -0.148. The normalized spacial score (nSPS) is 11.7. The van der Waals surface area contributed by atoms with Crippen molar-refractivity contribution < 1.29 is 24.1 Å². The van der Waals surface area contributed by atoms with Gasteiger partial charge in [0.15, 0.2) is 6.29 Å². The maximum absolute atomic E-state index is 12.0. The third kappa shape index (κ3) is 42.3. The van der Waals surface area contributed by atoms with Crippen molar-refractivity contribution >= 4 is 5.97 Å². The van der Waals surface area contributed by atoms with E-state index in [1.54, 1.807) is 0 Å². The van der Waals surface area contributed by atoms with Gasteiger partial charge < -0.3 is 24.2 Å². The van der Waals surface area contributed by atoms with Crippen molar-refractivity contribution in [3.63, 3.8) is 0 Å². The van der Waals surface area contributed by atoms with E-state index in [2.05, 4.69) is 25.7 Å². The molecule has 0 aromatic rings. The number of aliphatic hydroxyl groups is 1. The van der Waals surface area contributed by atoms with Crippen LogP contribution in [0, 0.1) is 0 Å². The van der Waals surface area contributed by atoms with Crippen molar-refractivity contribution in [2.75, 3.05) is 46.1 Å². The highest BCUT2D eigenvalue weighted by atomic mass is 16.7. The van der Waals surface area contributed by atoms with Gasteiger partial charge in [0.05, 0.1) is 13.2 Å². The lowest BCUT2D eigenvalue weighted by Gasteiger charge is -2.21. The van der Waals surface area contributed by atoms with Gasteiger partial charge in [-0.1, -0.05) is 188 Å². The first-order valence-corrected chi connectivity index (χ1v) is 23.9. The third-order valence-corrected chi connectivity index (χ3v) is 10.8. The summed E-state index contributed by atoms with van der Waals surface area (Å²) in [7, 11) is 0. The molecule has 0 spiro atoms. The van der Waals surface area contributed by atoms with E-state index in [0.29, 0.717) is 13.0 Å². The van der Waals surface area contributed by atoms with Crippen LogP contribution in [0.2, 0.25) is 0 Å². The topological polar surface area (TPSA) is 68.2 Å². The van der Waals surface area contributed by atoms with E-state index in [1.807, 2.05) is 0 Å². The molecule has 0 bridgehead atoms. The average Bonchev–Trinajstić information content (AvgIpc) is 3.16. The third-order valence-electron chi connectivity index (χ3n) is 10.8. The lowest BCUT2D eigenvalue weighted by atomic mass is 10.1. The molecule has 6 heteroatoms. The highest BCUT2D eigenvalue weighted by Gasteiger charge is 2.10. The monoisotopic (exact) mass is 754 g/mol. The van der Waals surface area contributed by atoms with E-state index in [-0.39, 0.29) is 18.9 Å². The first-order valence-electron chi connectivity index (χ1n) is 23.9. The number of nitrogens with zero attached hydrogens (tertiary/aromatic N) is 1. The van der Waals surface area contributed by atoms with Gasteiger partial charge in [0.1, 0.15) is 0 Å². The van der Waals surface area contributed by atoms with Crippen molar-refractivity contribution in [3.8, 4) is 0 Å². The predicted molar refractivity (Wildman–Crippen MR) is 229 cm³/mol. The van der Waals surface area contributed by atoms with Gasteiger partial charge in [-0.25, -0.2) is 0 Å². The molecule has 0 aliphatic heterocycles. The van der Waals surface area contributed by atoms with Gasteiger partial charge in [0.25, 0.3) is 0 Å². The van der Waals surface area contributed by atoms with Crippen LogP contribution in [0.15, 0.2) is 0 Å². The number of carbonyl (C=O) groups excluding carboxylic acids is 1. The molecule has 0 rings (SSSR count). The van der Waals surface area contributed by atoms with Gasteiger partial charge in [-0.15, -0.1) is 0 Å². The number of hydrogen-bond donors (Lipinski definition) is 1. The van der Waals surface area contributed by atoms with Crippen LogP contribution in [0.25, 0.3) is 0 Å². The summed E-state index contributed by atoms with van der Waals surface area (Å²) in [4.78, 5) is 14.4. The van der Waals surface area contributed by atoms with Gasteiger partial charge in [-0.2, -0.15) is 0 Å². The Hall–Kier alpha value is -0.690. The van der Waals surface area contributed by atoms with E-state index in [4.69, 9.17) is 14.2 Å². The largest absolute Gasteiger partial charge is 0.466 e. The summed E-state index contributed by atoms with van der Waals surface area (Å²) in [6, 6.07) is 0. The smallest absolute Gasteiger partial charge is 0.305 e. The van der Waals surface area contributed by atoms with Gasteiger partial charge >= 0.3 is 5.97 Å². The fraction of sp³-hybridized carbons (Fsp3) is 0.979. The Labute approximate surface area is 332 Å². The molecule has 0 fully saturated rings. The highest BCUT2D eigenvalue weighted by molar-refractivity contribution is 5.69. The summed E-state index contributed by atoms with van der Waals surface area (Å²) < 4.78 is 18.0. The average molecular weight is 754 g/mol. The molecule has 0 saturated heterocycles. The molecule has 0 aliphatic rings. The Morgan fingerprint density at radius 1 is 0.434 bits per heavy atom. The van der Waals surface area contributed by atoms with Crippen LogP contribution in [-0.2, 0) is 19.0 Å². The number of carbonyl (C=O) groups is 1. The molecule has 0 aromatic carbocycles. The predicted octanol–water partition coefficient (Wildman–Crippen LogP) is 13.9. The SMILES string of the molecule is CCCCCCCCCCOC(CCCCCCCN(CCO)CCCCCCCC(=O)OCCCCCCCCC)OCCCCCCCCCC. The summed E-state index contributed by atoms with van der Waals surface area (Å²) in [6.07, 6.45) is 43.2. The van der Waals surface area contributed by atoms with Crippen molar-refractivity contribution in [2.45, 2.75) is 252 Å². The highest BCUT2D eigenvalue weighted by Crippen LogP contribution is 2.16. The number of esters is 1. The number of hydrogen-bond acceptors (Lipinski definition) is 6. The molecular weight excluding hydrogens is 659 g/mol. The van der Waals surface area contributed by atoms with E-state index in [1.165, 1.54) is 180 Å². The van der Waals surface area contributed by atoms with Crippen LogP contribution in [0.3, 0.4) is 0 Å². The molecule has 0 saturated carbocycles. The number of ether oxygens (including phenoxy) is 3. The Kier molecular flexibility index (Phi) is 45.1. The number of unbranched alkanes of at least 4 members (excludes halogenated alkanes) is 28. The molecule has 0 amide bonds. The zero-order valence-electron chi connectivity index (χ0n) is 36.3.